The van der Waals surface area contributed by atoms with Crippen LogP contribution >= 0.6 is 0 Å². The molecule has 2 fully saturated rings. The summed E-state index contributed by atoms with van der Waals surface area (Å²) in [4.78, 5) is 27.5. The van der Waals surface area contributed by atoms with E-state index in [4.69, 9.17) is 9.47 Å². The van der Waals surface area contributed by atoms with Crippen LogP contribution in [-0.2, 0) is 19.1 Å². The summed E-state index contributed by atoms with van der Waals surface area (Å²) in [5.74, 6) is -1.17. The molecule has 4 aliphatic carbocycles. The SMILES string of the molecule is CC1=COC(C)C1C(=O)O[C@H]1C(C)=C[C@]23C(=O)[C@@H](C=C(CO)[C@@H](O)C12)C1C(C[C@H]3C)C1(C)C. The van der Waals surface area contributed by atoms with Gasteiger partial charge in [0.05, 0.1) is 24.4 Å². The van der Waals surface area contributed by atoms with Gasteiger partial charge >= 0.3 is 5.97 Å². The highest BCUT2D eigenvalue weighted by molar-refractivity contribution is 5.94. The van der Waals surface area contributed by atoms with E-state index in [0.29, 0.717) is 11.5 Å². The number of ether oxygens (including phenoxy) is 2. The minimum atomic E-state index is -1.06. The third kappa shape index (κ3) is 2.92. The van der Waals surface area contributed by atoms with E-state index in [1.54, 1.807) is 6.26 Å². The van der Waals surface area contributed by atoms with Crippen LogP contribution in [0.4, 0.5) is 0 Å². The zero-order valence-corrected chi connectivity index (χ0v) is 20.4. The van der Waals surface area contributed by atoms with Crippen LogP contribution in [0.3, 0.4) is 0 Å². The minimum Gasteiger partial charge on any atom is -0.497 e. The average molecular weight is 457 g/mol. The standard InChI is InChI=1S/C27H36O6/c1-12-9-27-14(3)7-18-20(26(18,5)6)17(24(27)30)8-16(10-28)22(29)21(27)23(12)33-25(31)19-13(2)11-32-15(19)4/h8-9,11,14-15,17-23,28-29H,7,10H2,1-6H3/t14-,15?,17+,18?,19?,20?,21?,22-,23+,27-/m1/s1. The first-order valence-electron chi connectivity index (χ1n) is 12.2. The third-order valence-electron chi connectivity index (χ3n) is 9.69. The van der Waals surface area contributed by atoms with E-state index in [9.17, 15) is 19.8 Å². The Labute approximate surface area is 195 Å². The Morgan fingerprint density at radius 3 is 2.52 bits per heavy atom. The van der Waals surface area contributed by atoms with Crippen LogP contribution in [0, 0.1) is 46.3 Å². The maximum absolute atomic E-state index is 14.3. The van der Waals surface area contributed by atoms with E-state index in [-0.39, 0.29) is 41.7 Å². The van der Waals surface area contributed by atoms with Crippen molar-refractivity contribution in [1.29, 1.82) is 0 Å². The average Bonchev–Trinajstić information content (AvgIpc) is 3.01. The zero-order chi connectivity index (χ0) is 24.0. The lowest BCUT2D eigenvalue weighted by Gasteiger charge is -2.42. The smallest absolute Gasteiger partial charge is 0.317 e. The van der Waals surface area contributed by atoms with E-state index in [1.165, 1.54) is 0 Å². The normalized spacial score (nSPS) is 47.2. The number of aliphatic hydroxyl groups excluding tert-OH is 2. The molecule has 0 aromatic rings. The molecule has 10 atom stereocenters. The van der Waals surface area contributed by atoms with Gasteiger partial charge in [0.25, 0.3) is 0 Å². The van der Waals surface area contributed by atoms with Gasteiger partial charge in [0.2, 0.25) is 0 Å². The Morgan fingerprint density at radius 1 is 1.21 bits per heavy atom. The summed E-state index contributed by atoms with van der Waals surface area (Å²) in [5.41, 5.74) is 1.21. The molecular weight excluding hydrogens is 420 g/mol. The summed E-state index contributed by atoms with van der Waals surface area (Å²) in [6.45, 7) is 11.8. The molecule has 6 heteroatoms. The molecule has 1 spiro atoms. The highest BCUT2D eigenvalue weighted by Crippen LogP contribution is 2.71. The van der Waals surface area contributed by atoms with Crippen molar-refractivity contribution in [3.8, 4) is 0 Å². The van der Waals surface area contributed by atoms with Crippen LogP contribution in [0.5, 0.6) is 0 Å². The van der Waals surface area contributed by atoms with Crippen LogP contribution in [0.2, 0.25) is 0 Å². The molecule has 0 amide bonds. The van der Waals surface area contributed by atoms with Gasteiger partial charge in [-0.25, -0.2) is 0 Å². The van der Waals surface area contributed by atoms with Gasteiger partial charge in [0.15, 0.2) is 5.78 Å². The molecule has 180 valence electrons. The van der Waals surface area contributed by atoms with Gasteiger partial charge in [-0.15, -0.1) is 0 Å². The number of hydrogen-bond donors (Lipinski definition) is 2. The Bertz CT molecular complexity index is 989. The highest BCUT2D eigenvalue weighted by atomic mass is 16.6. The topological polar surface area (TPSA) is 93.1 Å². The Hall–Kier alpha value is -1.92. The first kappa shape index (κ1) is 22.9. The molecule has 0 radical (unpaired) electrons. The first-order chi connectivity index (χ1) is 15.5. The number of rotatable bonds is 3. The summed E-state index contributed by atoms with van der Waals surface area (Å²) in [5, 5.41) is 21.7. The van der Waals surface area contributed by atoms with Gasteiger partial charge in [-0.2, -0.15) is 0 Å². The molecule has 2 bridgehead atoms. The van der Waals surface area contributed by atoms with Gasteiger partial charge in [0, 0.05) is 11.8 Å². The summed E-state index contributed by atoms with van der Waals surface area (Å²) in [6, 6.07) is 0. The second-order valence-corrected chi connectivity index (χ2v) is 11.7. The van der Waals surface area contributed by atoms with Gasteiger partial charge in [-0.1, -0.05) is 32.9 Å². The zero-order valence-electron chi connectivity index (χ0n) is 20.4. The second-order valence-electron chi connectivity index (χ2n) is 11.7. The fourth-order valence-electron chi connectivity index (χ4n) is 7.81. The number of esters is 1. The molecule has 2 saturated carbocycles. The molecule has 0 aromatic heterocycles. The molecule has 6 nitrogen and oxygen atoms in total. The van der Waals surface area contributed by atoms with Crippen molar-refractivity contribution in [2.24, 2.45) is 46.3 Å². The maximum Gasteiger partial charge on any atom is 0.317 e. The maximum atomic E-state index is 14.3. The van der Waals surface area contributed by atoms with Crippen LogP contribution in [-0.4, -0.2) is 46.9 Å². The molecule has 33 heavy (non-hydrogen) atoms. The number of Topliss-reactive ketones (excluding diaryl/α,β-unsaturated/α-hetero) is 1. The first-order valence-corrected chi connectivity index (χ1v) is 12.2. The van der Waals surface area contributed by atoms with Crippen molar-refractivity contribution in [1.82, 2.24) is 0 Å². The molecule has 0 aromatic carbocycles. The molecule has 5 rings (SSSR count). The van der Waals surface area contributed by atoms with Crippen molar-refractivity contribution in [2.75, 3.05) is 6.61 Å². The lowest BCUT2D eigenvalue weighted by Crippen LogP contribution is -2.51. The summed E-state index contributed by atoms with van der Waals surface area (Å²) in [6.07, 6.45) is 4.20. The Morgan fingerprint density at radius 2 is 1.91 bits per heavy atom. The number of ketones is 1. The predicted octanol–water partition coefficient (Wildman–Crippen LogP) is 3.19. The number of carbonyl (C=O) groups excluding carboxylic acids is 2. The summed E-state index contributed by atoms with van der Waals surface area (Å²) < 4.78 is 11.6. The quantitative estimate of drug-likeness (QED) is 0.501. The molecule has 2 N–H and O–H groups in total. The van der Waals surface area contributed by atoms with Crippen molar-refractivity contribution in [3.63, 3.8) is 0 Å². The van der Waals surface area contributed by atoms with Crippen molar-refractivity contribution in [2.45, 2.75) is 66.3 Å². The Kier molecular flexibility index (Phi) is 5.05. The van der Waals surface area contributed by atoms with Gasteiger partial charge in [0.1, 0.15) is 18.1 Å². The van der Waals surface area contributed by atoms with Crippen LogP contribution in [0.25, 0.3) is 0 Å². The lowest BCUT2D eigenvalue weighted by atomic mass is 9.61. The van der Waals surface area contributed by atoms with E-state index in [1.807, 2.05) is 32.9 Å². The number of aliphatic hydroxyl groups is 2. The molecule has 5 aliphatic rings. The fourth-order valence-corrected chi connectivity index (χ4v) is 7.81. The van der Waals surface area contributed by atoms with Crippen LogP contribution in [0.1, 0.15) is 48.0 Å². The number of allylic oxidation sites excluding steroid dienone is 2. The molecule has 5 unspecified atom stereocenters. The summed E-state index contributed by atoms with van der Waals surface area (Å²) >= 11 is 0. The lowest BCUT2D eigenvalue weighted by molar-refractivity contribution is -0.162. The fraction of sp³-hybridized carbons (Fsp3) is 0.704. The number of carbonyl (C=O) groups is 2. The predicted molar refractivity (Wildman–Crippen MR) is 122 cm³/mol. The highest BCUT2D eigenvalue weighted by Gasteiger charge is 2.71. The monoisotopic (exact) mass is 456 g/mol. The van der Waals surface area contributed by atoms with E-state index >= 15 is 0 Å². The van der Waals surface area contributed by atoms with E-state index in [2.05, 4.69) is 20.8 Å². The summed E-state index contributed by atoms with van der Waals surface area (Å²) in [7, 11) is 0. The number of fused-ring (bicyclic) bond motifs is 3. The second kappa shape index (κ2) is 7.29. The van der Waals surface area contributed by atoms with Crippen molar-refractivity contribution in [3.05, 3.63) is 35.1 Å². The van der Waals surface area contributed by atoms with Crippen molar-refractivity contribution >= 4 is 11.8 Å². The van der Waals surface area contributed by atoms with Crippen LogP contribution in [0.15, 0.2) is 35.1 Å². The van der Waals surface area contributed by atoms with Crippen LogP contribution < -0.4 is 0 Å². The minimum absolute atomic E-state index is 0.00982. The molecule has 0 saturated heterocycles. The molecule has 1 aliphatic heterocycles. The van der Waals surface area contributed by atoms with E-state index < -0.39 is 35.4 Å². The van der Waals surface area contributed by atoms with Gasteiger partial charge in [-0.3, -0.25) is 9.59 Å². The van der Waals surface area contributed by atoms with Gasteiger partial charge in [-0.05, 0) is 67.1 Å². The number of hydrogen-bond acceptors (Lipinski definition) is 6. The third-order valence-corrected chi connectivity index (χ3v) is 9.69. The largest absolute Gasteiger partial charge is 0.497 e. The van der Waals surface area contributed by atoms with Gasteiger partial charge < -0.3 is 19.7 Å². The Balaban J connectivity index is 1.57. The molecular formula is C27H36O6. The molecule has 1 heterocycles. The van der Waals surface area contributed by atoms with Crippen molar-refractivity contribution < 1.29 is 29.3 Å². The van der Waals surface area contributed by atoms with E-state index in [0.717, 1.165) is 17.6 Å².